The van der Waals surface area contributed by atoms with Gasteiger partial charge in [-0.1, -0.05) is 42.3 Å². The van der Waals surface area contributed by atoms with Gasteiger partial charge < -0.3 is 9.80 Å². The smallest absolute Gasteiger partial charge is 0.202 e. The maximum Gasteiger partial charge on any atom is 0.202 e. The van der Waals surface area contributed by atoms with Gasteiger partial charge in [0, 0.05) is 24.8 Å². The lowest BCUT2D eigenvalue weighted by molar-refractivity contribution is 1.10. The topological polar surface area (TPSA) is 30.3 Å². The van der Waals surface area contributed by atoms with Crippen LogP contribution in [0.15, 0.2) is 42.5 Å². The van der Waals surface area contributed by atoms with Gasteiger partial charge in [0.05, 0.1) is 10.7 Å². The summed E-state index contributed by atoms with van der Waals surface area (Å²) in [6.07, 6.45) is 0.963. The van der Waals surface area contributed by atoms with Crippen molar-refractivity contribution in [2.24, 2.45) is 0 Å². The normalized spacial score (nSPS) is 9.96. The molecule has 0 saturated carbocycles. The van der Waals surface area contributed by atoms with E-state index in [0.29, 0.717) is 21.7 Å². The van der Waals surface area contributed by atoms with Gasteiger partial charge in [0.25, 0.3) is 0 Å². The van der Waals surface area contributed by atoms with Crippen LogP contribution in [0.25, 0.3) is 0 Å². The Labute approximate surface area is 153 Å². The van der Waals surface area contributed by atoms with Crippen molar-refractivity contribution in [1.82, 2.24) is 0 Å². The fourth-order valence-corrected chi connectivity index (χ4v) is 2.60. The minimum Gasteiger partial charge on any atom is -0.316 e. The average molecular weight is 373 g/mol. The number of nitrogens with zero attached hydrogens (tertiary/aromatic N) is 2. The number of aryl methyl sites for hydroxylation is 1. The zero-order valence-corrected chi connectivity index (χ0v) is 15.6. The van der Waals surface area contributed by atoms with E-state index in [2.05, 4.69) is 19.1 Å². The zero-order chi connectivity index (χ0) is 16.3. The Kier molecular flexibility index (Phi) is 7.20. The predicted octanol–water partition coefficient (Wildman–Crippen LogP) is 5.48. The van der Waals surface area contributed by atoms with Gasteiger partial charge in [-0.25, -0.2) is 0 Å². The van der Waals surface area contributed by atoms with Crippen LogP contribution in [0.4, 0.5) is 11.4 Å². The third kappa shape index (κ3) is 4.54. The second-order valence-corrected chi connectivity index (χ2v) is 5.90. The minimum atomic E-state index is 0. The molecule has 23 heavy (non-hydrogen) atoms. The number of anilines is 2. The third-order valence-corrected chi connectivity index (χ3v) is 4.17. The average Bonchev–Trinajstić information content (AvgIpc) is 2.55. The van der Waals surface area contributed by atoms with E-state index in [-0.39, 0.29) is 12.4 Å². The summed E-state index contributed by atoms with van der Waals surface area (Å²) in [6.45, 7) is 2.11. The number of halogens is 3. The van der Waals surface area contributed by atoms with Crippen LogP contribution in [0.2, 0.25) is 10.0 Å². The van der Waals surface area contributed by atoms with Crippen molar-refractivity contribution in [3.8, 4) is 0 Å². The van der Waals surface area contributed by atoms with E-state index in [4.69, 9.17) is 28.6 Å². The largest absolute Gasteiger partial charge is 0.316 e. The first-order chi connectivity index (χ1) is 10.4. The number of hydrogen-bond acceptors (Lipinski definition) is 1. The molecule has 0 amide bonds. The second kappa shape index (κ2) is 8.44. The summed E-state index contributed by atoms with van der Waals surface area (Å²) in [7, 11) is 3.67. The van der Waals surface area contributed by atoms with E-state index in [0.717, 1.165) is 12.1 Å². The number of guanidine groups is 1. The molecule has 0 aliphatic carbocycles. The lowest BCUT2D eigenvalue weighted by atomic mass is 10.1. The fourth-order valence-electron chi connectivity index (χ4n) is 2.19. The number of nitrogens with one attached hydrogen (secondary N) is 1. The first-order valence-electron chi connectivity index (χ1n) is 7.04. The van der Waals surface area contributed by atoms with E-state index in [1.807, 2.05) is 24.1 Å². The highest BCUT2D eigenvalue weighted by Crippen LogP contribution is 2.29. The Morgan fingerprint density at radius 2 is 1.74 bits per heavy atom. The summed E-state index contributed by atoms with van der Waals surface area (Å²) in [5.41, 5.74) is 2.91. The van der Waals surface area contributed by atoms with Crippen LogP contribution in [-0.2, 0) is 6.42 Å². The van der Waals surface area contributed by atoms with Crippen molar-refractivity contribution in [2.45, 2.75) is 13.3 Å². The Morgan fingerprint density at radius 3 is 2.39 bits per heavy atom. The molecule has 0 bridgehead atoms. The molecule has 0 atom stereocenters. The maximum absolute atomic E-state index is 8.42. The molecule has 2 rings (SSSR count). The van der Waals surface area contributed by atoms with Gasteiger partial charge >= 0.3 is 0 Å². The Hall–Kier alpha value is -1.42. The zero-order valence-electron chi connectivity index (χ0n) is 13.3. The molecule has 1 N–H and O–H groups in total. The van der Waals surface area contributed by atoms with Gasteiger partial charge in [-0.2, -0.15) is 0 Å². The van der Waals surface area contributed by atoms with E-state index in [9.17, 15) is 0 Å². The number of benzene rings is 2. The van der Waals surface area contributed by atoms with Crippen molar-refractivity contribution in [3.05, 3.63) is 58.1 Å². The van der Waals surface area contributed by atoms with Gasteiger partial charge in [-0.3, -0.25) is 5.41 Å². The molecule has 0 unspecified atom stereocenters. The highest BCUT2D eigenvalue weighted by atomic mass is 35.5. The maximum atomic E-state index is 8.42. The summed E-state index contributed by atoms with van der Waals surface area (Å²) in [6, 6.07) is 13.4. The Morgan fingerprint density at radius 1 is 1.04 bits per heavy atom. The summed E-state index contributed by atoms with van der Waals surface area (Å²) < 4.78 is 0. The summed E-state index contributed by atoms with van der Waals surface area (Å²) in [5.74, 6) is 0.317. The molecule has 0 spiro atoms. The third-order valence-electron chi connectivity index (χ3n) is 3.61. The molecule has 0 aliphatic rings. The van der Waals surface area contributed by atoms with E-state index >= 15 is 0 Å². The lowest BCUT2D eigenvalue weighted by Crippen LogP contribution is -2.39. The van der Waals surface area contributed by atoms with Crippen molar-refractivity contribution >= 4 is 52.9 Å². The molecule has 0 aliphatic heterocycles. The Bertz CT molecular complexity index is 689. The van der Waals surface area contributed by atoms with Gasteiger partial charge in [0.15, 0.2) is 0 Å². The molecule has 2 aromatic carbocycles. The molecule has 124 valence electrons. The molecule has 0 aromatic heterocycles. The van der Waals surface area contributed by atoms with Crippen molar-refractivity contribution in [1.29, 1.82) is 5.41 Å². The van der Waals surface area contributed by atoms with E-state index in [1.54, 1.807) is 30.1 Å². The Balaban J connectivity index is 0.00000264. The van der Waals surface area contributed by atoms with E-state index < -0.39 is 0 Å². The molecule has 0 radical (unpaired) electrons. The lowest BCUT2D eigenvalue weighted by Gasteiger charge is -2.29. The quantitative estimate of drug-likeness (QED) is 0.571. The van der Waals surface area contributed by atoms with Gasteiger partial charge in [0.2, 0.25) is 5.96 Å². The predicted molar refractivity (Wildman–Crippen MR) is 104 cm³/mol. The molecule has 0 heterocycles. The van der Waals surface area contributed by atoms with Crippen LogP contribution in [-0.4, -0.2) is 20.1 Å². The fraction of sp³-hybridized carbons (Fsp3) is 0.235. The SMILES string of the molecule is CCc1cccc(N(C)C(=N)N(C)c2cc(Cl)ccc2Cl)c1.Cl. The van der Waals surface area contributed by atoms with Crippen LogP contribution in [0.5, 0.6) is 0 Å². The van der Waals surface area contributed by atoms with Crippen LogP contribution < -0.4 is 9.80 Å². The van der Waals surface area contributed by atoms with Crippen molar-refractivity contribution < 1.29 is 0 Å². The molecule has 0 fully saturated rings. The second-order valence-electron chi connectivity index (χ2n) is 5.06. The van der Waals surface area contributed by atoms with Gasteiger partial charge in [-0.05, 0) is 42.3 Å². The molecule has 3 nitrogen and oxygen atoms in total. The molecular formula is C17H20Cl3N3. The van der Waals surface area contributed by atoms with Crippen LogP contribution in [0, 0.1) is 5.41 Å². The van der Waals surface area contributed by atoms with Crippen LogP contribution in [0.3, 0.4) is 0 Å². The summed E-state index contributed by atoms with van der Waals surface area (Å²) in [4.78, 5) is 3.53. The number of rotatable bonds is 3. The minimum absolute atomic E-state index is 0. The molecule has 6 heteroatoms. The molecule has 0 saturated heterocycles. The van der Waals surface area contributed by atoms with Crippen LogP contribution >= 0.6 is 35.6 Å². The molecule has 2 aromatic rings. The van der Waals surface area contributed by atoms with E-state index in [1.165, 1.54) is 5.56 Å². The standard InChI is InChI=1S/C17H19Cl2N3.ClH/c1-4-12-6-5-7-14(10-12)21(2)17(20)22(3)16-11-13(18)8-9-15(16)19;/h5-11,20H,4H2,1-3H3;1H. The van der Waals surface area contributed by atoms with Crippen molar-refractivity contribution in [3.63, 3.8) is 0 Å². The van der Waals surface area contributed by atoms with Crippen molar-refractivity contribution in [2.75, 3.05) is 23.9 Å². The number of hydrogen-bond donors (Lipinski definition) is 1. The first-order valence-corrected chi connectivity index (χ1v) is 7.79. The first kappa shape index (κ1) is 19.6. The molecular weight excluding hydrogens is 353 g/mol. The summed E-state index contributed by atoms with van der Waals surface area (Å²) >= 11 is 12.3. The van der Waals surface area contributed by atoms with Crippen LogP contribution in [0.1, 0.15) is 12.5 Å². The summed E-state index contributed by atoms with van der Waals surface area (Å²) in [5, 5.41) is 9.58. The van der Waals surface area contributed by atoms with Gasteiger partial charge in [0.1, 0.15) is 0 Å². The van der Waals surface area contributed by atoms with Gasteiger partial charge in [-0.15, -0.1) is 12.4 Å². The highest BCUT2D eigenvalue weighted by Gasteiger charge is 2.16. The highest BCUT2D eigenvalue weighted by molar-refractivity contribution is 6.36. The monoisotopic (exact) mass is 371 g/mol.